The summed E-state index contributed by atoms with van der Waals surface area (Å²) in [7, 11) is 0. The van der Waals surface area contributed by atoms with E-state index in [0.29, 0.717) is 6.42 Å². The summed E-state index contributed by atoms with van der Waals surface area (Å²) in [5.74, 6) is 0.192. The van der Waals surface area contributed by atoms with Crippen LogP contribution in [0.3, 0.4) is 0 Å². The lowest BCUT2D eigenvalue weighted by atomic mass is 9.95. The van der Waals surface area contributed by atoms with Gasteiger partial charge in [0.25, 0.3) is 0 Å². The normalized spacial score (nSPS) is 10.1. The van der Waals surface area contributed by atoms with Gasteiger partial charge in [-0.05, 0) is 31.4 Å². The van der Waals surface area contributed by atoms with Crippen LogP contribution in [-0.4, -0.2) is 5.78 Å². The van der Waals surface area contributed by atoms with E-state index >= 15 is 0 Å². The van der Waals surface area contributed by atoms with Crippen molar-refractivity contribution in [3.63, 3.8) is 0 Å². The van der Waals surface area contributed by atoms with E-state index in [4.69, 9.17) is 0 Å². The first-order chi connectivity index (χ1) is 7.06. The van der Waals surface area contributed by atoms with Gasteiger partial charge in [-0.3, -0.25) is 4.79 Å². The van der Waals surface area contributed by atoms with Crippen molar-refractivity contribution < 1.29 is 4.79 Å². The highest BCUT2D eigenvalue weighted by Crippen LogP contribution is 2.18. The Hall–Kier alpha value is -1.37. The number of aryl methyl sites for hydroxylation is 2. The molecule has 0 aromatic heterocycles. The molecule has 80 valence electrons. The van der Waals surface area contributed by atoms with Gasteiger partial charge in [0.15, 0.2) is 5.78 Å². The molecule has 0 N–H and O–H groups in total. The summed E-state index contributed by atoms with van der Waals surface area (Å²) in [5.41, 5.74) is 3.99. The fourth-order valence-electron chi connectivity index (χ4n) is 1.69. The average Bonchev–Trinajstić information content (AvgIpc) is 2.17. The molecule has 0 amide bonds. The second-order valence-electron chi connectivity index (χ2n) is 3.97. The molecule has 1 rings (SSSR count). The minimum atomic E-state index is 0.192. The third-order valence-corrected chi connectivity index (χ3v) is 2.67. The van der Waals surface area contributed by atoms with Crippen molar-refractivity contribution in [1.29, 1.82) is 0 Å². The minimum Gasteiger partial charge on any atom is -0.294 e. The fourth-order valence-corrected chi connectivity index (χ4v) is 1.69. The third kappa shape index (κ3) is 2.79. The quantitative estimate of drug-likeness (QED) is 0.535. The van der Waals surface area contributed by atoms with Crippen molar-refractivity contribution in [3.8, 4) is 0 Å². The highest BCUT2D eigenvalue weighted by atomic mass is 16.1. The SMILES string of the molecule is C=C(CC)CC(=O)c1c(C)cccc1C. The second kappa shape index (κ2) is 4.92. The van der Waals surface area contributed by atoms with Crippen molar-refractivity contribution >= 4 is 5.78 Å². The van der Waals surface area contributed by atoms with Crippen LogP contribution >= 0.6 is 0 Å². The van der Waals surface area contributed by atoms with E-state index in [1.807, 2.05) is 39.0 Å². The molecule has 1 aromatic carbocycles. The van der Waals surface area contributed by atoms with E-state index in [9.17, 15) is 4.79 Å². The number of benzene rings is 1. The molecule has 0 heterocycles. The lowest BCUT2D eigenvalue weighted by Gasteiger charge is -2.08. The smallest absolute Gasteiger partial charge is 0.167 e. The molecule has 0 radical (unpaired) electrons. The van der Waals surface area contributed by atoms with Gasteiger partial charge in [0.2, 0.25) is 0 Å². The van der Waals surface area contributed by atoms with Crippen molar-refractivity contribution in [3.05, 3.63) is 47.0 Å². The fraction of sp³-hybridized carbons (Fsp3) is 0.357. The largest absolute Gasteiger partial charge is 0.294 e. The Labute approximate surface area is 91.8 Å². The second-order valence-corrected chi connectivity index (χ2v) is 3.97. The number of ketones is 1. The summed E-state index contributed by atoms with van der Waals surface area (Å²) in [6.45, 7) is 9.87. The van der Waals surface area contributed by atoms with Crippen LogP contribution in [0.25, 0.3) is 0 Å². The monoisotopic (exact) mass is 202 g/mol. The lowest BCUT2D eigenvalue weighted by molar-refractivity contribution is 0.0991. The molecular weight excluding hydrogens is 184 g/mol. The molecule has 0 aliphatic carbocycles. The summed E-state index contributed by atoms with van der Waals surface area (Å²) < 4.78 is 0. The summed E-state index contributed by atoms with van der Waals surface area (Å²) in [6.07, 6.45) is 1.35. The van der Waals surface area contributed by atoms with E-state index in [1.54, 1.807) is 0 Å². The molecule has 0 aliphatic rings. The lowest BCUT2D eigenvalue weighted by Crippen LogP contribution is -2.05. The van der Waals surface area contributed by atoms with Crippen molar-refractivity contribution in [2.45, 2.75) is 33.6 Å². The zero-order chi connectivity index (χ0) is 11.4. The molecule has 0 aliphatic heterocycles. The topological polar surface area (TPSA) is 17.1 Å². The summed E-state index contributed by atoms with van der Waals surface area (Å²) in [5, 5.41) is 0. The standard InChI is InChI=1S/C14H18O/c1-5-10(2)9-13(15)14-11(3)7-6-8-12(14)4/h6-8H,2,5,9H2,1,3-4H3. The van der Waals surface area contributed by atoms with Crippen molar-refractivity contribution in [1.82, 2.24) is 0 Å². The van der Waals surface area contributed by atoms with E-state index in [2.05, 4.69) is 6.58 Å². The third-order valence-electron chi connectivity index (χ3n) is 2.67. The van der Waals surface area contributed by atoms with Gasteiger partial charge in [-0.2, -0.15) is 0 Å². The minimum absolute atomic E-state index is 0.192. The maximum atomic E-state index is 12.0. The highest BCUT2D eigenvalue weighted by molar-refractivity contribution is 6.00. The molecular formula is C14H18O. The van der Waals surface area contributed by atoms with E-state index in [-0.39, 0.29) is 5.78 Å². The Kier molecular flexibility index (Phi) is 3.84. The van der Waals surface area contributed by atoms with Crippen molar-refractivity contribution in [2.24, 2.45) is 0 Å². The number of rotatable bonds is 4. The van der Waals surface area contributed by atoms with E-state index < -0.39 is 0 Å². The molecule has 0 saturated carbocycles. The van der Waals surface area contributed by atoms with Gasteiger partial charge in [0.1, 0.15) is 0 Å². The Morgan fingerprint density at radius 1 is 1.27 bits per heavy atom. The number of allylic oxidation sites excluding steroid dienone is 1. The molecule has 0 saturated heterocycles. The molecule has 0 unspecified atom stereocenters. The van der Waals surface area contributed by atoms with Gasteiger partial charge < -0.3 is 0 Å². The van der Waals surface area contributed by atoms with Gasteiger partial charge in [0.05, 0.1) is 0 Å². The Morgan fingerprint density at radius 3 is 2.27 bits per heavy atom. The number of hydrogen-bond donors (Lipinski definition) is 0. The molecule has 0 atom stereocenters. The predicted octanol–water partition coefficient (Wildman–Crippen LogP) is 3.84. The summed E-state index contributed by atoms with van der Waals surface area (Å²) in [6, 6.07) is 5.94. The van der Waals surface area contributed by atoms with Crippen molar-refractivity contribution in [2.75, 3.05) is 0 Å². The maximum absolute atomic E-state index is 12.0. The molecule has 0 fully saturated rings. The number of hydrogen-bond acceptors (Lipinski definition) is 1. The van der Waals surface area contributed by atoms with Crippen LogP contribution in [0.1, 0.15) is 41.3 Å². The van der Waals surface area contributed by atoms with E-state index in [0.717, 1.165) is 28.7 Å². The Morgan fingerprint density at radius 2 is 1.80 bits per heavy atom. The zero-order valence-electron chi connectivity index (χ0n) is 9.76. The first-order valence-electron chi connectivity index (χ1n) is 5.32. The summed E-state index contributed by atoms with van der Waals surface area (Å²) in [4.78, 5) is 12.0. The zero-order valence-corrected chi connectivity index (χ0v) is 9.76. The molecule has 0 spiro atoms. The van der Waals surface area contributed by atoms with Crippen LogP contribution < -0.4 is 0 Å². The Bertz CT molecular complexity index is 368. The number of carbonyl (C=O) groups excluding carboxylic acids is 1. The van der Waals surface area contributed by atoms with Crippen LogP contribution in [0.15, 0.2) is 30.4 Å². The van der Waals surface area contributed by atoms with Crippen LogP contribution in [0.5, 0.6) is 0 Å². The van der Waals surface area contributed by atoms with Gasteiger partial charge in [-0.25, -0.2) is 0 Å². The van der Waals surface area contributed by atoms with E-state index in [1.165, 1.54) is 0 Å². The van der Waals surface area contributed by atoms with Gasteiger partial charge in [-0.15, -0.1) is 0 Å². The average molecular weight is 202 g/mol. The Balaban J connectivity index is 2.96. The van der Waals surface area contributed by atoms with Crippen LogP contribution in [-0.2, 0) is 0 Å². The van der Waals surface area contributed by atoms with Gasteiger partial charge in [0, 0.05) is 12.0 Å². The molecule has 1 heteroatoms. The first-order valence-corrected chi connectivity index (χ1v) is 5.32. The van der Waals surface area contributed by atoms with Crippen LogP contribution in [0, 0.1) is 13.8 Å². The van der Waals surface area contributed by atoms with Crippen LogP contribution in [0.4, 0.5) is 0 Å². The maximum Gasteiger partial charge on any atom is 0.167 e. The molecule has 1 aromatic rings. The number of Topliss-reactive ketones (excluding diaryl/α,β-unsaturated/α-hetero) is 1. The summed E-state index contributed by atoms with van der Waals surface area (Å²) >= 11 is 0. The predicted molar refractivity (Wildman–Crippen MR) is 64.3 cm³/mol. The van der Waals surface area contributed by atoms with Gasteiger partial charge >= 0.3 is 0 Å². The van der Waals surface area contributed by atoms with Gasteiger partial charge in [-0.1, -0.05) is 37.3 Å². The highest BCUT2D eigenvalue weighted by Gasteiger charge is 2.11. The molecule has 1 nitrogen and oxygen atoms in total. The number of carbonyl (C=O) groups is 1. The van der Waals surface area contributed by atoms with Crippen LogP contribution in [0.2, 0.25) is 0 Å². The molecule has 0 bridgehead atoms. The molecule has 15 heavy (non-hydrogen) atoms. The first kappa shape index (κ1) is 11.7.